The zero-order valence-electron chi connectivity index (χ0n) is 16.9. The molecule has 3 aromatic carbocycles. The van der Waals surface area contributed by atoms with Gasteiger partial charge in [-0.1, -0.05) is 35.9 Å². The zero-order valence-corrected chi connectivity index (χ0v) is 17.7. The quantitative estimate of drug-likeness (QED) is 0.356. The van der Waals surface area contributed by atoms with Crippen LogP contribution < -0.4 is 10.3 Å². The van der Waals surface area contributed by atoms with Gasteiger partial charge < -0.3 is 14.5 Å². The minimum absolute atomic E-state index is 0.185. The molecule has 0 amide bonds. The van der Waals surface area contributed by atoms with E-state index in [-0.39, 0.29) is 24.0 Å². The minimum Gasteiger partial charge on any atom is -0.454 e. The first-order chi connectivity index (χ1) is 15.4. The molecule has 160 valence electrons. The minimum atomic E-state index is -0.546. The molecule has 0 aliphatic carbocycles. The van der Waals surface area contributed by atoms with Crippen molar-refractivity contribution >= 4 is 34.4 Å². The van der Waals surface area contributed by atoms with Crippen LogP contribution in [0.4, 0.5) is 0 Å². The predicted molar refractivity (Wildman–Crippen MR) is 120 cm³/mol. The fourth-order valence-electron chi connectivity index (χ4n) is 3.13. The number of hydrogen-bond acceptors (Lipinski definition) is 6. The van der Waals surface area contributed by atoms with Crippen LogP contribution in [0, 0.1) is 0 Å². The Labute approximate surface area is 187 Å². The van der Waals surface area contributed by atoms with Gasteiger partial charge in [-0.15, -0.1) is 0 Å². The van der Waals surface area contributed by atoms with E-state index in [0.29, 0.717) is 27.2 Å². The van der Waals surface area contributed by atoms with Crippen LogP contribution >= 0.6 is 11.6 Å². The molecule has 0 fully saturated rings. The number of aromatic nitrogens is 2. The molecular formula is C24H17ClN2O5. The number of esters is 2. The maximum absolute atomic E-state index is 12.4. The summed E-state index contributed by atoms with van der Waals surface area (Å²) < 4.78 is 10.3. The Bertz CT molecular complexity index is 1360. The Kier molecular flexibility index (Phi) is 6.00. The molecule has 0 spiro atoms. The Balaban J connectivity index is 1.43. The van der Waals surface area contributed by atoms with Crippen molar-refractivity contribution in [3.05, 3.63) is 93.5 Å². The molecule has 4 aromatic rings. The molecule has 4 rings (SSSR count). The lowest BCUT2D eigenvalue weighted by molar-refractivity contribution is -0.131. The summed E-state index contributed by atoms with van der Waals surface area (Å²) in [5.74, 6) is -0.241. The Morgan fingerprint density at radius 3 is 2.28 bits per heavy atom. The van der Waals surface area contributed by atoms with Crippen molar-refractivity contribution in [1.82, 2.24) is 9.97 Å². The van der Waals surface area contributed by atoms with Gasteiger partial charge in [-0.3, -0.25) is 9.59 Å². The molecule has 1 N–H and O–H groups in total. The smallest absolute Gasteiger partial charge is 0.338 e. The number of carbonyl (C=O) groups is 2. The van der Waals surface area contributed by atoms with Crippen LogP contribution in [0.1, 0.15) is 23.1 Å². The number of nitrogens with one attached hydrogen (secondary N) is 1. The third kappa shape index (κ3) is 4.84. The summed E-state index contributed by atoms with van der Waals surface area (Å²) in [4.78, 5) is 42.5. The van der Waals surface area contributed by atoms with Gasteiger partial charge in [-0.2, -0.15) is 0 Å². The summed E-state index contributed by atoms with van der Waals surface area (Å²) in [7, 11) is 0. The fraction of sp³-hybridized carbons (Fsp3) is 0.0833. The van der Waals surface area contributed by atoms with Crippen LogP contribution in [0.15, 0.2) is 71.5 Å². The number of rotatable bonds is 5. The van der Waals surface area contributed by atoms with Crippen LogP contribution in [0.3, 0.4) is 0 Å². The van der Waals surface area contributed by atoms with Gasteiger partial charge in [0.25, 0.3) is 5.56 Å². The molecule has 0 saturated heterocycles. The third-order valence-electron chi connectivity index (χ3n) is 4.63. The second kappa shape index (κ2) is 9.03. The van der Waals surface area contributed by atoms with E-state index in [2.05, 4.69) is 9.97 Å². The average Bonchev–Trinajstić information content (AvgIpc) is 2.77. The largest absolute Gasteiger partial charge is 0.454 e. The van der Waals surface area contributed by atoms with Gasteiger partial charge in [-0.05, 0) is 53.6 Å². The number of nitrogens with zero attached hydrogens (tertiary/aromatic N) is 1. The number of carbonyl (C=O) groups excluding carboxylic acids is 2. The fourth-order valence-corrected chi connectivity index (χ4v) is 3.29. The van der Waals surface area contributed by atoms with Gasteiger partial charge in [0.1, 0.15) is 18.2 Å². The van der Waals surface area contributed by atoms with Gasteiger partial charge in [-0.25, -0.2) is 9.78 Å². The highest BCUT2D eigenvalue weighted by molar-refractivity contribution is 6.31. The van der Waals surface area contributed by atoms with E-state index in [0.717, 1.165) is 11.1 Å². The molecule has 0 radical (unpaired) electrons. The molecular weight excluding hydrogens is 432 g/mol. The topological polar surface area (TPSA) is 98.3 Å². The van der Waals surface area contributed by atoms with Gasteiger partial charge in [0.2, 0.25) is 0 Å². The summed E-state index contributed by atoms with van der Waals surface area (Å²) in [6.45, 7) is 1.16. The normalized spacial score (nSPS) is 10.7. The molecule has 32 heavy (non-hydrogen) atoms. The number of hydrogen-bond donors (Lipinski definition) is 1. The van der Waals surface area contributed by atoms with E-state index in [1.165, 1.54) is 6.92 Å². The second-order valence-corrected chi connectivity index (χ2v) is 7.38. The lowest BCUT2D eigenvalue weighted by Gasteiger charge is -2.07. The lowest BCUT2D eigenvalue weighted by atomic mass is 10.0. The highest BCUT2D eigenvalue weighted by Crippen LogP contribution is 2.23. The van der Waals surface area contributed by atoms with Crippen LogP contribution in [-0.2, 0) is 16.1 Å². The monoisotopic (exact) mass is 448 g/mol. The summed E-state index contributed by atoms with van der Waals surface area (Å²) in [5, 5.41) is 0.862. The van der Waals surface area contributed by atoms with E-state index in [1.807, 2.05) is 12.1 Å². The van der Waals surface area contributed by atoms with E-state index in [4.69, 9.17) is 21.1 Å². The van der Waals surface area contributed by atoms with Crippen molar-refractivity contribution in [3.63, 3.8) is 0 Å². The van der Waals surface area contributed by atoms with Gasteiger partial charge in [0.05, 0.1) is 16.5 Å². The van der Waals surface area contributed by atoms with Crippen molar-refractivity contribution in [2.45, 2.75) is 13.5 Å². The second-order valence-electron chi connectivity index (χ2n) is 6.95. The first-order valence-corrected chi connectivity index (χ1v) is 10.0. The number of halogens is 1. The summed E-state index contributed by atoms with van der Waals surface area (Å²) in [6.07, 6.45) is 0. The van der Waals surface area contributed by atoms with Crippen molar-refractivity contribution in [1.29, 1.82) is 0 Å². The van der Waals surface area contributed by atoms with Gasteiger partial charge in [0, 0.05) is 11.9 Å². The molecule has 0 saturated carbocycles. The van der Waals surface area contributed by atoms with Crippen molar-refractivity contribution in [2.75, 3.05) is 0 Å². The zero-order chi connectivity index (χ0) is 22.7. The highest BCUT2D eigenvalue weighted by Gasteiger charge is 2.11. The van der Waals surface area contributed by atoms with E-state index in [1.54, 1.807) is 54.6 Å². The molecule has 0 atom stereocenters. The molecule has 0 bridgehead atoms. The van der Waals surface area contributed by atoms with Gasteiger partial charge in [0.15, 0.2) is 0 Å². The molecule has 7 nitrogen and oxygen atoms in total. The number of benzene rings is 3. The van der Waals surface area contributed by atoms with Gasteiger partial charge >= 0.3 is 11.9 Å². The molecule has 1 aromatic heterocycles. The molecule has 0 aliphatic rings. The standard InChI is InChI=1S/C24H17ClN2O5/c1-14(28)32-19-9-6-16(7-10-19)15-2-4-17(5-3-15)24(30)31-13-22-26-21-12-18(25)8-11-20(21)23(29)27-22/h2-12H,13H2,1H3,(H,26,27,29). The Morgan fingerprint density at radius 1 is 0.969 bits per heavy atom. The molecule has 8 heteroatoms. The third-order valence-corrected chi connectivity index (χ3v) is 4.86. The number of fused-ring (bicyclic) bond motifs is 1. The SMILES string of the molecule is CC(=O)Oc1ccc(-c2ccc(C(=O)OCc3nc4cc(Cl)ccc4c(=O)[nH]3)cc2)cc1. The van der Waals surface area contributed by atoms with Crippen molar-refractivity contribution in [3.8, 4) is 16.9 Å². The van der Waals surface area contributed by atoms with Crippen molar-refractivity contribution < 1.29 is 19.1 Å². The van der Waals surface area contributed by atoms with E-state index in [9.17, 15) is 14.4 Å². The summed E-state index contributed by atoms with van der Waals surface area (Å²) >= 11 is 5.96. The summed E-state index contributed by atoms with van der Waals surface area (Å²) in [6, 6.07) is 18.7. The Morgan fingerprint density at radius 2 is 1.62 bits per heavy atom. The van der Waals surface area contributed by atoms with Crippen LogP contribution in [0.5, 0.6) is 5.75 Å². The maximum atomic E-state index is 12.4. The Hall–Kier alpha value is -3.97. The molecule has 0 unspecified atom stereocenters. The lowest BCUT2D eigenvalue weighted by Crippen LogP contribution is -2.14. The molecule has 0 aliphatic heterocycles. The van der Waals surface area contributed by atoms with E-state index < -0.39 is 5.97 Å². The number of ether oxygens (including phenoxy) is 2. The predicted octanol–water partition coefficient (Wildman–Crippen LogP) is 4.53. The first-order valence-electron chi connectivity index (χ1n) is 9.63. The maximum Gasteiger partial charge on any atom is 0.338 e. The first kappa shape index (κ1) is 21.3. The van der Waals surface area contributed by atoms with Crippen LogP contribution in [0.2, 0.25) is 5.02 Å². The summed E-state index contributed by atoms with van der Waals surface area (Å²) in [5.41, 5.74) is 2.24. The van der Waals surface area contributed by atoms with Crippen LogP contribution in [-0.4, -0.2) is 21.9 Å². The van der Waals surface area contributed by atoms with Crippen molar-refractivity contribution in [2.24, 2.45) is 0 Å². The van der Waals surface area contributed by atoms with E-state index >= 15 is 0 Å². The number of aromatic amines is 1. The molecule has 1 heterocycles. The average molecular weight is 449 g/mol. The highest BCUT2D eigenvalue weighted by atomic mass is 35.5. The van der Waals surface area contributed by atoms with Crippen LogP contribution in [0.25, 0.3) is 22.0 Å². The number of H-pyrrole nitrogens is 1.